The molecule has 0 amide bonds. The lowest BCUT2D eigenvalue weighted by atomic mass is 10.1. The molecule has 0 saturated carbocycles. The van der Waals surface area contributed by atoms with Crippen LogP contribution in [0.5, 0.6) is 0 Å². The van der Waals surface area contributed by atoms with Gasteiger partial charge in [-0.25, -0.2) is 4.79 Å². The van der Waals surface area contributed by atoms with E-state index in [9.17, 15) is 14.4 Å². The highest BCUT2D eigenvalue weighted by Crippen LogP contribution is 2.21. The van der Waals surface area contributed by atoms with Crippen LogP contribution in [0.4, 0.5) is 4.79 Å². The zero-order valence-electron chi connectivity index (χ0n) is 10.6. The normalized spacial score (nSPS) is 22.5. The molecule has 0 aromatic heterocycles. The van der Waals surface area contributed by atoms with E-state index in [4.69, 9.17) is 9.47 Å². The second-order valence-corrected chi connectivity index (χ2v) is 3.86. The van der Waals surface area contributed by atoms with Crippen molar-refractivity contribution in [3.8, 4) is 0 Å². The van der Waals surface area contributed by atoms with Crippen LogP contribution in [0.3, 0.4) is 0 Å². The standard InChI is InChI=1S/C13H16O6/c1-17-12(15)8-5-7-11-10(18-13(16)19-11)6-3-2-4-9-14/h2-4,6,9-11H,5,7-8H2,1H3/b4-2+,6-3+/t10-,11+/m0/s1. The fourth-order valence-corrected chi connectivity index (χ4v) is 1.62. The molecule has 2 atom stereocenters. The fraction of sp³-hybridized carbons (Fsp3) is 0.462. The second kappa shape index (κ2) is 8.07. The molecule has 0 N–H and O–H groups in total. The van der Waals surface area contributed by atoms with Gasteiger partial charge < -0.3 is 14.2 Å². The Kier molecular flexibility index (Phi) is 6.35. The van der Waals surface area contributed by atoms with E-state index in [1.807, 2.05) is 0 Å². The summed E-state index contributed by atoms with van der Waals surface area (Å²) in [6.45, 7) is 0. The van der Waals surface area contributed by atoms with Crippen LogP contribution in [0.1, 0.15) is 19.3 Å². The largest absolute Gasteiger partial charge is 0.509 e. The van der Waals surface area contributed by atoms with Gasteiger partial charge in [0.2, 0.25) is 0 Å². The molecule has 1 fully saturated rings. The lowest BCUT2D eigenvalue weighted by molar-refractivity contribution is -0.140. The molecule has 6 heteroatoms. The third-order valence-electron chi connectivity index (χ3n) is 2.55. The van der Waals surface area contributed by atoms with Crippen LogP contribution in [-0.2, 0) is 23.8 Å². The van der Waals surface area contributed by atoms with E-state index in [0.29, 0.717) is 19.1 Å². The maximum absolute atomic E-state index is 11.1. The van der Waals surface area contributed by atoms with Gasteiger partial charge in [-0.1, -0.05) is 12.2 Å². The number of cyclic esters (lactones) is 2. The van der Waals surface area contributed by atoms with Gasteiger partial charge in [0.05, 0.1) is 7.11 Å². The van der Waals surface area contributed by atoms with Gasteiger partial charge in [-0.15, -0.1) is 0 Å². The maximum atomic E-state index is 11.1. The Hall–Kier alpha value is -2.11. The highest BCUT2D eigenvalue weighted by atomic mass is 16.8. The molecule has 19 heavy (non-hydrogen) atoms. The lowest BCUT2D eigenvalue weighted by Gasteiger charge is -2.11. The molecule has 6 nitrogen and oxygen atoms in total. The van der Waals surface area contributed by atoms with Crippen molar-refractivity contribution in [2.24, 2.45) is 0 Å². The summed E-state index contributed by atoms with van der Waals surface area (Å²) < 4.78 is 14.5. The van der Waals surface area contributed by atoms with Crippen LogP contribution in [0, 0.1) is 0 Å². The van der Waals surface area contributed by atoms with Gasteiger partial charge in [0.1, 0.15) is 12.4 Å². The van der Waals surface area contributed by atoms with E-state index >= 15 is 0 Å². The van der Waals surface area contributed by atoms with Crippen LogP contribution in [-0.4, -0.2) is 37.7 Å². The first kappa shape index (κ1) is 14.9. The number of carbonyl (C=O) groups is 3. The van der Waals surface area contributed by atoms with Gasteiger partial charge in [-0.3, -0.25) is 9.59 Å². The van der Waals surface area contributed by atoms with Crippen LogP contribution in [0.15, 0.2) is 24.3 Å². The number of hydrogen-bond donors (Lipinski definition) is 0. The van der Waals surface area contributed by atoms with E-state index in [1.54, 1.807) is 12.2 Å². The predicted molar refractivity (Wildman–Crippen MR) is 65.4 cm³/mol. The summed E-state index contributed by atoms with van der Waals surface area (Å²) in [5.41, 5.74) is 0. The number of ether oxygens (including phenoxy) is 3. The molecule has 0 unspecified atom stereocenters. The molecule has 0 spiro atoms. The average Bonchev–Trinajstić information content (AvgIpc) is 2.75. The summed E-state index contributed by atoms with van der Waals surface area (Å²) in [6, 6.07) is 0. The fourth-order valence-electron chi connectivity index (χ4n) is 1.62. The Labute approximate surface area is 111 Å². The number of rotatable bonds is 7. The zero-order chi connectivity index (χ0) is 14.1. The smallest absolute Gasteiger partial charge is 0.469 e. The summed E-state index contributed by atoms with van der Waals surface area (Å²) >= 11 is 0. The Bertz CT molecular complexity index is 385. The molecule has 1 saturated heterocycles. The topological polar surface area (TPSA) is 78.9 Å². The number of methoxy groups -OCH3 is 1. The number of hydrogen-bond acceptors (Lipinski definition) is 6. The molecule has 1 rings (SSSR count). The molecule has 0 aromatic rings. The van der Waals surface area contributed by atoms with E-state index < -0.39 is 18.4 Å². The first-order valence-electron chi connectivity index (χ1n) is 5.90. The van der Waals surface area contributed by atoms with Crippen molar-refractivity contribution in [3.63, 3.8) is 0 Å². The van der Waals surface area contributed by atoms with Gasteiger partial charge >= 0.3 is 12.1 Å². The molecule has 1 aliphatic heterocycles. The van der Waals surface area contributed by atoms with Crippen LogP contribution in [0.2, 0.25) is 0 Å². The van der Waals surface area contributed by atoms with E-state index in [-0.39, 0.29) is 12.4 Å². The van der Waals surface area contributed by atoms with Crippen molar-refractivity contribution < 1.29 is 28.6 Å². The molecule has 1 aliphatic rings. The van der Waals surface area contributed by atoms with Crippen LogP contribution >= 0.6 is 0 Å². The molecular weight excluding hydrogens is 252 g/mol. The first-order chi connectivity index (χ1) is 9.17. The van der Waals surface area contributed by atoms with E-state index in [1.165, 1.54) is 19.3 Å². The summed E-state index contributed by atoms with van der Waals surface area (Å²) in [5.74, 6) is -0.300. The SMILES string of the molecule is COC(=O)CCC[C@H]1OC(=O)O[C@H]1/C=C/C=C/C=O. The van der Waals surface area contributed by atoms with Gasteiger partial charge in [0.15, 0.2) is 6.10 Å². The summed E-state index contributed by atoms with van der Waals surface area (Å²) in [4.78, 5) is 32.1. The Balaban J connectivity index is 2.43. The summed E-state index contributed by atoms with van der Waals surface area (Å²) in [7, 11) is 1.33. The Morgan fingerprint density at radius 1 is 1.32 bits per heavy atom. The molecule has 104 valence electrons. The minimum Gasteiger partial charge on any atom is -0.469 e. The van der Waals surface area contributed by atoms with Gasteiger partial charge in [-0.2, -0.15) is 0 Å². The Morgan fingerprint density at radius 3 is 2.79 bits per heavy atom. The minimum atomic E-state index is -0.725. The molecule has 0 bridgehead atoms. The molecule has 0 radical (unpaired) electrons. The molecule has 1 heterocycles. The minimum absolute atomic E-state index is 0.270. The number of carbonyl (C=O) groups excluding carboxylic acids is 3. The molecular formula is C13H16O6. The average molecular weight is 268 g/mol. The van der Waals surface area contributed by atoms with Crippen molar-refractivity contribution in [2.45, 2.75) is 31.5 Å². The van der Waals surface area contributed by atoms with Crippen molar-refractivity contribution in [3.05, 3.63) is 24.3 Å². The maximum Gasteiger partial charge on any atom is 0.509 e. The highest BCUT2D eigenvalue weighted by Gasteiger charge is 2.34. The van der Waals surface area contributed by atoms with E-state index in [0.717, 1.165) is 0 Å². The summed E-state index contributed by atoms with van der Waals surface area (Å²) in [5, 5.41) is 0. The van der Waals surface area contributed by atoms with Crippen molar-refractivity contribution in [1.29, 1.82) is 0 Å². The first-order valence-corrected chi connectivity index (χ1v) is 5.90. The lowest BCUT2D eigenvalue weighted by Crippen LogP contribution is -2.20. The van der Waals surface area contributed by atoms with Gasteiger partial charge in [0.25, 0.3) is 0 Å². The van der Waals surface area contributed by atoms with Gasteiger partial charge in [-0.05, 0) is 25.0 Å². The number of esters is 1. The summed E-state index contributed by atoms with van der Waals surface area (Å²) in [6.07, 6.45) is 6.42. The third-order valence-corrected chi connectivity index (χ3v) is 2.55. The third kappa shape index (κ3) is 5.37. The van der Waals surface area contributed by atoms with Crippen molar-refractivity contribution in [2.75, 3.05) is 7.11 Å². The van der Waals surface area contributed by atoms with Crippen LogP contribution < -0.4 is 0 Å². The molecule has 0 aliphatic carbocycles. The molecule has 0 aromatic carbocycles. The van der Waals surface area contributed by atoms with Crippen molar-refractivity contribution >= 4 is 18.4 Å². The van der Waals surface area contributed by atoms with E-state index in [2.05, 4.69) is 4.74 Å². The monoisotopic (exact) mass is 268 g/mol. The van der Waals surface area contributed by atoms with Crippen molar-refractivity contribution in [1.82, 2.24) is 0 Å². The quantitative estimate of drug-likeness (QED) is 0.301. The number of allylic oxidation sites excluding steroid dienone is 3. The van der Waals surface area contributed by atoms with Gasteiger partial charge in [0, 0.05) is 6.42 Å². The zero-order valence-corrected chi connectivity index (χ0v) is 10.6. The predicted octanol–water partition coefficient (Wildman–Crippen LogP) is 1.54. The second-order valence-electron chi connectivity index (χ2n) is 3.86. The Morgan fingerprint density at radius 2 is 2.11 bits per heavy atom. The number of aldehydes is 1. The highest BCUT2D eigenvalue weighted by molar-refractivity contribution is 5.69. The van der Waals surface area contributed by atoms with Crippen LogP contribution in [0.25, 0.3) is 0 Å².